The van der Waals surface area contributed by atoms with Crippen molar-refractivity contribution in [2.45, 2.75) is 40.5 Å². The second-order valence-electron chi connectivity index (χ2n) is 6.44. The summed E-state index contributed by atoms with van der Waals surface area (Å²) in [5.41, 5.74) is 3.93. The van der Waals surface area contributed by atoms with Crippen LogP contribution in [-0.4, -0.2) is 54.5 Å². The van der Waals surface area contributed by atoms with Crippen molar-refractivity contribution in [1.82, 2.24) is 20.3 Å². The van der Waals surface area contributed by atoms with Gasteiger partial charge >= 0.3 is 6.01 Å². The Morgan fingerprint density at radius 2 is 1.93 bits per heavy atom. The molecule has 0 aromatic carbocycles. The van der Waals surface area contributed by atoms with Crippen molar-refractivity contribution in [2.75, 3.05) is 43.6 Å². The fraction of sp³-hybridized carbons (Fsp3) is 0.579. The van der Waals surface area contributed by atoms with E-state index in [2.05, 4.69) is 49.5 Å². The molecule has 0 unspecified atom stereocenters. The summed E-state index contributed by atoms with van der Waals surface area (Å²) in [5.74, 6) is 2.46. The molecular weight excluding hydrogens is 358 g/mol. The van der Waals surface area contributed by atoms with Crippen LogP contribution >= 0.6 is 0 Å². The molecule has 9 nitrogen and oxygen atoms in total. The van der Waals surface area contributed by atoms with E-state index in [0.29, 0.717) is 36.8 Å². The number of furan rings is 1. The Balaban J connectivity index is 2.20. The highest BCUT2D eigenvalue weighted by atomic mass is 16.5. The maximum absolute atomic E-state index is 5.67. The molecule has 2 aromatic heterocycles. The lowest BCUT2D eigenvalue weighted by Crippen LogP contribution is -2.28. The molecule has 2 N–H and O–H groups in total. The lowest BCUT2D eigenvalue weighted by atomic mass is 10.3. The van der Waals surface area contributed by atoms with Crippen LogP contribution in [0.5, 0.6) is 6.01 Å². The first-order chi connectivity index (χ1) is 13.6. The van der Waals surface area contributed by atoms with Crippen molar-refractivity contribution >= 4 is 18.0 Å². The van der Waals surface area contributed by atoms with Gasteiger partial charge in [-0.2, -0.15) is 20.1 Å². The number of aryl methyl sites for hydroxylation is 2. The van der Waals surface area contributed by atoms with Crippen LogP contribution in [-0.2, 0) is 0 Å². The monoisotopic (exact) mass is 389 g/mol. The second kappa shape index (κ2) is 11.2. The van der Waals surface area contributed by atoms with Gasteiger partial charge in [0, 0.05) is 25.7 Å². The highest BCUT2D eigenvalue weighted by molar-refractivity contribution is 5.75. The Bertz CT molecular complexity index is 735. The van der Waals surface area contributed by atoms with E-state index >= 15 is 0 Å². The lowest BCUT2D eigenvalue weighted by molar-refractivity contribution is 0.292. The first-order valence-electron chi connectivity index (χ1n) is 9.71. The van der Waals surface area contributed by atoms with Crippen LogP contribution in [0.15, 0.2) is 15.6 Å². The van der Waals surface area contributed by atoms with Crippen molar-refractivity contribution < 1.29 is 9.15 Å². The third-order valence-electron chi connectivity index (χ3n) is 3.99. The number of likely N-dealkylation sites (N-methyl/N-ethyl adjacent to an activating group) is 1. The van der Waals surface area contributed by atoms with Crippen molar-refractivity contribution in [1.29, 1.82) is 0 Å². The Labute approximate surface area is 166 Å². The fourth-order valence-electron chi connectivity index (χ4n) is 2.50. The van der Waals surface area contributed by atoms with Gasteiger partial charge < -0.3 is 19.4 Å². The van der Waals surface area contributed by atoms with Crippen molar-refractivity contribution in [3.63, 3.8) is 0 Å². The lowest BCUT2D eigenvalue weighted by Gasteiger charge is -2.21. The average Bonchev–Trinajstić information content (AvgIpc) is 2.99. The van der Waals surface area contributed by atoms with E-state index in [4.69, 9.17) is 9.15 Å². The highest BCUT2D eigenvalue weighted by Gasteiger charge is 2.13. The molecule has 0 amide bonds. The number of nitrogens with one attached hydrogen (secondary N) is 2. The van der Waals surface area contributed by atoms with Gasteiger partial charge in [-0.3, -0.25) is 0 Å². The predicted octanol–water partition coefficient (Wildman–Crippen LogP) is 2.75. The van der Waals surface area contributed by atoms with E-state index in [1.165, 1.54) is 0 Å². The number of hydrogen-bond donors (Lipinski definition) is 2. The van der Waals surface area contributed by atoms with Crippen LogP contribution in [0.3, 0.4) is 0 Å². The summed E-state index contributed by atoms with van der Waals surface area (Å²) < 4.78 is 11.2. The van der Waals surface area contributed by atoms with Crippen LogP contribution in [0.1, 0.15) is 43.8 Å². The number of aromatic nitrogens is 3. The standard InChI is InChI=1S/C19H31N7O2/c1-6-9-26(10-7-2)18-22-16(23-19(24-18)27-11-8-20-5)13-21-25-17-12-14(3)15(4)28-17/h12-13,20,25H,6-11H2,1-5H3/b21-13+. The Morgan fingerprint density at radius 3 is 2.54 bits per heavy atom. The van der Waals surface area contributed by atoms with Crippen molar-refractivity contribution in [2.24, 2.45) is 5.10 Å². The summed E-state index contributed by atoms with van der Waals surface area (Å²) in [6.45, 7) is 11.1. The maximum Gasteiger partial charge on any atom is 0.321 e. The van der Waals surface area contributed by atoms with Gasteiger partial charge in [-0.15, -0.1) is 0 Å². The number of rotatable bonds is 12. The summed E-state index contributed by atoms with van der Waals surface area (Å²) in [4.78, 5) is 15.5. The summed E-state index contributed by atoms with van der Waals surface area (Å²) >= 11 is 0. The van der Waals surface area contributed by atoms with Gasteiger partial charge in [-0.05, 0) is 39.3 Å². The van der Waals surface area contributed by atoms with Crippen LogP contribution in [0.4, 0.5) is 11.8 Å². The van der Waals surface area contributed by atoms with E-state index in [1.807, 2.05) is 27.0 Å². The molecule has 0 bridgehead atoms. The van der Waals surface area contributed by atoms with E-state index in [9.17, 15) is 0 Å². The van der Waals surface area contributed by atoms with Crippen molar-refractivity contribution in [3.05, 3.63) is 23.2 Å². The zero-order valence-corrected chi connectivity index (χ0v) is 17.4. The molecule has 0 aliphatic rings. The molecule has 0 radical (unpaired) electrons. The van der Waals surface area contributed by atoms with Crippen LogP contribution in [0.25, 0.3) is 0 Å². The minimum atomic E-state index is 0.295. The molecule has 2 heterocycles. The van der Waals surface area contributed by atoms with Gasteiger partial charge in [-0.25, -0.2) is 5.43 Å². The van der Waals surface area contributed by atoms with Crippen LogP contribution in [0.2, 0.25) is 0 Å². The first kappa shape index (κ1) is 21.6. The molecule has 0 spiro atoms. The molecule has 28 heavy (non-hydrogen) atoms. The minimum absolute atomic E-state index is 0.295. The molecule has 0 saturated heterocycles. The van der Waals surface area contributed by atoms with Gasteiger partial charge in [0.1, 0.15) is 12.4 Å². The Kier molecular flexibility index (Phi) is 8.67. The number of anilines is 2. The largest absolute Gasteiger partial charge is 0.462 e. The summed E-state index contributed by atoms with van der Waals surface area (Å²) in [5, 5.41) is 7.22. The minimum Gasteiger partial charge on any atom is -0.462 e. The number of hydrazone groups is 1. The number of nitrogens with zero attached hydrogens (tertiary/aromatic N) is 5. The molecule has 2 rings (SSSR count). The van der Waals surface area contributed by atoms with Gasteiger partial charge in [0.2, 0.25) is 11.8 Å². The van der Waals surface area contributed by atoms with Gasteiger partial charge in [-0.1, -0.05) is 13.8 Å². The van der Waals surface area contributed by atoms with Crippen LogP contribution < -0.4 is 20.4 Å². The first-order valence-corrected chi connectivity index (χ1v) is 9.71. The quantitative estimate of drug-likeness (QED) is 0.325. The maximum atomic E-state index is 5.67. The summed E-state index contributed by atoms with van der Waals surface area (Å²) in [6, 6.07) is 2.19. The zero-order valence-electron chi connectivity index (χ0n) is 17.4. The zero-order chi connectivity index (χ0) is 20.4. The summed E-state index contributed by atoms with van der Waals surface area (Å²) in [7, 11) is 1.87. The predicted molar refractivity (Wildman–Crippen MR) is 111 cm³/mol. The summed E-state index contributed by atoms with van der Waals surface area (Å²) in [6.07, 6.45) is 3.55. The molecule has 0 aliphatic heterocycles. The van der Waals surface area contributed by atoms with E-state index in [0.717, 1.165) is 37.3 Å². The van der Waals surface area contributed by atoms with Gasteiger partial charge in [0.25, 0.3) is 0 Å². The molecule has 0 aliphatic carbocycles. The van der Waals surface area contributed by atoms with E-state index in [-0.39, 0.29) is 0 Å². The Morgan fingerprint density at radius 1 is 1.18 bits per heavy atom. The highest BCUT2D eigenvalue weighted by Crippen LogP contribution is 2.18. The van der Waals surface area contributed by atoms with Gasteiger partial charge in [0.15, 0.2) is 5.82 Å². The van der Waals surface area contributed by atoms with Gasteiger partial charge in [0.05, 0.1) is 6.21 Å². The molecule has 0 saturated carbocycles. The number of ether oxygens (including phenoxy) is 1. The molecule has 9 heteroatoms. The number of hydrogen-bond acceptors (Lipinski definition) is 9. The third-order valence-corrected chi connectivity index (χ3v) is 3.99. The van der Waals surface area contributed by atoms with E-state index < -0.39 is 0 Å². The van der Waals surface area contributed by atoms with Crippen molar-refractivity contribution in [3.8, 4) is 6.01 Å². The fourth-order valence-corrected chi connectivity index (χ4v) is 2.50. The molecule has 0 fully saturated rings. The van der Waals surface area contributed by atoms with Crippen LogP contribution in [0, 0.1) is 13.8 Å². The molecule has 154 valence electrons. The molecule has 2 aromatic rings. The van der Waals surface area contributed by atoms with E-state index in [1.54, 1.807) is 6.21 Å². The topological polar surface area (TPSA) is 101 Å². The normalized spacial score (nSPS) is 11.2. The Hall–Kier alpha value is -2.68. The third kappa shape index (κ3) is 6.49. The average molecular weight is 390 g/mol. The molecule has 0 atom stereocenters. The second-order valence-corrected chi connectivity index (χ2v) is 6.44. The smallest absolute Gasteiger partial charge is 0.321 e. The SMILES string of the molecule is CCCN(CCC)c1nc(/C=N/Nc2cc(C)c(C)o2)nc(OCCNC)n1. The molecular formula is C19H31N7O2.